The third-order valence-corrected chi connectivity index (χ3v) is 7.67. The van der Waals surface area contributed by atoms with Crippen molar-refractivity contribution in [2.75, 3.05) is 13.7 Å². The average Bonchev–Trinajstić information content (AvgIpc) is 3.69. The van der Waals surface area contributed by atoms with E-state index in [0.717, 1.165) is 5.56 Å². The number of ether oxygens (including phenoxy) is 2. The molecule has 1 aromatic heterocycles. The van der Waals surface area contributed by atoms with E-state index < -0.39 is 35.4 Å². The molecule has 2 aliphatic rings. The number of fused-ring (bicyclic) bond motifs is 2. The van der Waals surface area contributed by atoms with E-state index in [1.54, 1.807) is 39.0 Å². The quantitative estimate of drug-likeness (QED) is 0.223. The number of rotatable bonds is 10. The summed E-state index contributed by atoms with van der Waals surface area (Å²) in [6.45, 7) is 5.56. The maximum atomic E-state index is 13.9. The molecule has 2 aliphatic heterocycles. The zero-order chi connectivity index (χ0) is 33.1. The molecule has 46 heavy (non-hydrogen) atoms. The second kappa shape index (κ2) is 13.2. The molecule has 2 unspecified atom stereocenters. The zero-order valence-corrected chi connectivity index (χ0v) is 26.4. The lowest BCUT2D eigenvalue weighted by Gasteiger charge is -2.39. The molecule has 3 aromatic rings. The molecule has 2 aromatic carbocycles. The Hall–Kier alpha value is -4.91. The van der Waals surface area contributed by atoms with Crippen molar-refractivity contribution < 1.29 is 38.2 Å². The van der Waals surface area contributed by atoms with E-state index in [-0.39, 0.29) is 42.3 Å². The van der Waals surface area contributed by atoms with Gasteiger partial charge in [-0.1, -0.05) is 36.4 Å². The highest BCUT2D eigenvalue weighted by atomic mass is 16.6. The Morgan fingerprint density at radius 1 is 1.09 bits per heavy atom. The summed E-state index contributed by atoms with van der Waals surface area (Å²) >= 11 is 0. The number of esters is 1. The van der Waals surface area contributed by atoms with Crippen LogP contribution in [0.5, 0.6) is 5.75 Å². The fourth-order valence-electron chi connectivity index (χ4n) is 5.51. The van der Waals surface area contributed by atoms with E-state index in [2.05, 4.69) is 15.6 Å². The molecule has 2 atom stereocenters. The number of benzene rings is 2. The van der Waals surface area contributed by atoms with Crippen molar-refractivity contribution in [3.05, 3.63) is 71.9 Å². The van der Waals surface area contributed by atoms with E-state index in [1.165, 1.54) is 23.1 Å². The van der Waals surface area contributed by atoms with Crippen LogP contribution in [-0.2, 0) is 31.3 Å². The van der Waals surface area contributed by atoms with Gasteiger partial charge in [0.1, 0.15) is 23.0 Å². The van der Waals surface area contributed by atoms with Crippen molar-refractivity contribution in [2.45, 2.75) is 76.8 Å². The Morgan fingerprint density at radius 3 is 2.57 bits per heavy atom. The molecule has 3 N–H and O–H groups in total. The Labute approximate surface area is 266 Å². The number of urea groups is 1. The van der Waals surface area contributed by atoms with Gasteiger partial charge >= 0.3 is 12.0 Å². The van der Waals surface area contributed by atoms with Crippen molar-refractivity contribution in [3.63, 3.8) is 0 Å². The van der Waals surface area contributed by atoms with E-state index in [9.17, 15) is 24.3 Å². The molecule has 1 fully saturated rings. The van der Waals surface area contributed by atoms with Crippen molar-refractivity contribution in [3.8, 4) is 5.75 Å². The first-order valence-electron chi connectivity index (χ1n) is 15.2. The van der Waals surface area contributed by atoms with E-state index in [4.69, 9.17) is 13.9 Å². The number of carbonyl (C=O) groups is 4. The second-order valence-corrected chi connectivity index (χ2v) is 12.3. The summed E-state index contributed by atoms with van der Waals surface area (Å²) in [4.78, 5) is 59.9. The van der Waals surface area contributed by atoms with Crippen LogP contribution in [0.4, 0.5) is 4.79 Å². The van der Waals surface area contributed by atoms with E-state index >= 15 is 0 Å². The zero-order valence-electron chi connectivity index (χ0n) is 26.4. The van der Waals surface area contributed by atoms with Gasteiger partial charge in [0.25, 0.3) is 5.91 Å². The fourth-order valence-corrected chi connectivity index (χ4v) is 5.51. The second-order valence-electron chi connectivity index (χ2n) is 12.3. The van der Waals surface area contributed by atoms with Crippen molar-refractivity contribution in [1.82, 2.24) is 25.4 Å². The lowest BCUT2D eigenvalue weighted by Crippen LogP contribution is -2.59. The summed E-state index contributed by atoms with van der Waals surface area (Å²) in [5, 5.41) is 17.2. The number of aliphatic hydroxyl groups is 1. The van der Waals surface area contributed by atoms with Gasteiger partial charge in [0.15, 0.2) is 11.3 Å². The summed E-state index contributed by atoms with van der Waals surface area (Å²) in [5.74, 6) is -1.27. The van der Waals surface area contributed by atoms with Gasteiger partial charge in [-0.2, -0.15) is 0 Å². The van der Waals surface area contributed by atoms with Crippen LogP contribution < -0.4 is 15.4 Å². The number of oxazole rings is 1. The largest absolute Gasteiger partial charge is 0.493 e. The molecular formula is C33H39N5O8. The molecule has 4 amide bonds. The van der Waals surface area contributed by atoms with Gasteiger partial charge < -0.3 is 34.5 Å². The molecule has 3 heterocycles. The normalized spacial score (nSPS) is 17.6. The molecule has 13 nitrogen and oxygen atoms in total. The first kappa shape index (κ1) is 32.5. The fraction of sp³-hybridized carbons (Fsp3) is 0.424. The van der Waals surface area contributed by atoms with Gasteiger partial charge in [-0.25, -0.2) is 9.78 Å². The van der Waals surface area contributed by atoms with Crippen molar-refractivity contribution in [2.24, 2.45) is 0 Å². The number of aryl methyl sites for hydroxylation is 1. The molecule has 13 heteroatoms. The number of para-hydroxylation sites is 1. The minimum absolute atomic E-state index is 0.0599. The lowest BCUT2D eigenvalue weighted by molar-refractivity contribution is -0.157. The molecule has 5 rings (SSSR count). The monoisotopic (exact) mass is 633 g/mol. The summed E-state index contributed by atoms with van der Waals surface area (Å²) in [6.07, 6.45) is 1.76. The highest BCUT2D eigenvalue weighted by Gasteiger charge is 2.45. The number of aromatic nitrogens is 1. The number of nitrogens with zero attached hydrogens (tertiary/aromatic N) is 3. The minimum Gasteiger partial charge on any atom is -0.493 e. The van der Waals surface area contributed by atoms with Crippen LogP contribution >= 0.6 is 0 Å². The predicted octanol–water partition coefficient (Wildman–Crippen LogP) is 3.67. The van der Waals surface area contributed by atoms with Crippen LogP contribution in [0, 0.1) is 0 Å². The van der Waals surface area contributed by atoms with Crippen LogP contribution in [-0.4, -0.2) is 69.1 Å². The maximum Gasteiger partial charge on any atom is 0.325 e. The van der Waals surface area contributed by atoms with Crippen LogP contribution in [0.2, 0.25) is 0 Å². The highest BCUT2D eigenvalue weighted by molar-refractivity contribution is 5.99. The molecule has 1 saturated heterocycles. The average molecular weight is 634 g/mol. The van der Waals surface area contributed by atoms with Crippen LogP contribution in [0.1, 0.15) is 64.3 Å². The van der Waals surface area contributed by atoms with Gasteiger partial charge in [0.2, 0.25) is 17.5 Å². The number of hydrogen-bond donors (Lipinski definition) is 3. The SMILES string of the molecule is COc1cccc2nc(C(O)(CCC(=O)OC(C)(C)C)NC(=O)N3C=C(NC(=O)CCc4ccccc4)C(=O)N4CCCC34)oc12. The summed E-state index contributed by atoms with van der Waals surface area (Å²) in [6, 6.07) is 13.7. The third-order valence-electron chi connectivity index (χ3n) is 7.67. The first-order valence-corrected chi connectivity index (χ1v) is 15.2. The van der Waals surface area contributed by atoms with Gasteiger partial charge in [0.05, 0.1) is 13.5 Å². The van der Waals surface area contributed by atoms with Crippen LogP contribution in [0.15, 0.2) is 64.8 Å². The number of carbonyl (C=O) groups excluding carboxylic acids is 4. The summed E-state index contributed by atoms with van der Waals surface area (Å²) in [7, 11) is 1.46. The predicted molar refractivity (Wildman–Crippen MR) is 166 cm³/mol. The van der Waals surface area contributed by atoms with Gasteiger partial charge in [-0.15, -0.1) is 0 Å². The minimum atomic E-state index is -2.27. The van der Waals surface area contributed by atoms with Crippen LogP contribution in [0.25, 0.3) is 11.1 Å². The number of methoxy groups -OCH3 is 1. The number of hydrogen-bond acceptors (Lipinski definition) is 9. The van der Waals surface area contributed by atoms with E-state index in [0.29, 0.717) is 37.1 Å². The molecular weight excluding hydrogens is 594 g/mol. The molecule has 244 valence electrons. The van der Waals surface area contributed by atoms with Gasteiger partial charge in [0, 0.05) is 25.6 Å². The molecule has 0 saturated carbocycles. The van der Waals surface area contributed by atoms with Crippen LogP contribution in [0.3, 0.4) is 0 Å². The molecule has 0 bridgehead atoms. The Balaban J connectivity index is 1.40. The van der Waals surface area contributed by atoms with Gasteiger partial charge in [-0.05, 0) is 57.7 Å². The Kier molecular flexibility index (Phi) is 9.33. The maximum absolute atomic E-state index is 13.9. The standard InChI is InChI=1S/C33H39N5O8/c1-32(2,3)46-27(40)17-18-33(43,30-35-22-12-8-13-24(44-4)28(22)45-30)36-31(42)38-20-23(29(41)37-19-9-14-26(37)38)34-25(39)16-15-21-10-6-5-7-11-21/h5-8,10-13,20,26,43H,9,14-19H2,1-4H3,(H,34,39)(H,36,42). The Bertz CT molecular complexity index is 1650. The summed E-state index contributed by atoms with van der Waals surface area (Å²) in [5.41, 5.74) is -1.50. The number of nitrogens with one attached hydrogen (secondary N) is 2. The lowest BCUT2D eigenvalue weighted by atomic mass is 10.1. The summed E-state index contributed by atoms with van der Waals surface area (Å²) < 4.78 is 16.7. The molecule has 0 radical (unpaired) electrons. The molecule has 0 aliphatic carbocycles. The van der Waals surface area contributed by atoms with Gasteiger partial charge in [-0.3, -0.25) is 19.3 Å². The first-order chi connectivity index (χ1) is 21.9. The number of amides is 4. The third kappa shape index (κ3) is 7.31. The highest BCUT2D eigenvalue weighted by Crippen LogP contribution is 2.33. The Morgan fingerprint density at radius 2 is 1.85 bits per heavy atom. The van der Waals surface area contributed by atoms with Crippen molar-refractivity contribution in [1.29, 1.82) is 0 Å². The topological polar surface area (TPSA) is 164 Å². The van der Waals surface area contributed by atoms with Crippen molar-refractivity contribution >= 4 is 34.9 Å². The van der Waals surface area contributed by atoms with E-state index in [1.807, 2.05) is 30.3 Å². The molecule has 0 spiro atoms. The smallest absolute Gasteiger partial charge is 0.325 e.